The SMILES string of the molecule is O=C(Nc1cc(F)ccc1OCC1CC1)c1cccnc1N1CCOCC1. The summed E-state index contributed by atoms with van der Waals surface area (Å²) >= 11 is 0. The van der Waals surface area contributed by atoms with Crippen molar-refractivity contribution in [2.75, 3.05) is 43.1 Å². The number of halogens is 1. The van der Waals surface area contributed by atoms with Crippen LogP contribution in [0.15, 0.2) is 36.5 Å². The van der Waals surface area contributed by atoms with E-state index in [1.807, 2.05) is 4.90 Å². The molecule has 2 aliphatic rings. The average Bonchev–Trinajstić information content (AvgIpc) is 3.52. The van der Waals surface area contributed by atoms with E-state index in [2.05, 4.69) is 10.3 Å². The number of rotatable bonds is 6. The van der Waals surface area contributed by atoms with Crippen LogP contribution in [0.1, 0.15) is 23.2 Å². The summed E-state index contributed by atoms with van der Waals surface area (Å²) < 4.78 is 24.9. The lowest BCUT2D eigenvalue weighted by Crippen LogP contribution is -2.38. The standard InChI is InChI=1S/C20H22FN3O3/c21-15-5-6-18(27-13-14-3-4-14)17(12-15)23-20(25)16-2-1-7-22-19(16)24-8-10-26-11-9-24/h1-2,5-7,12,14H,3-4,8-11,13H2,(H,23,25). The highest BCUT2D eigenvalue weighted by Gasteiger charge is 2.24. The fraction of sp³-hybridized carbons (Fsp3) is 0.400. The highest BCUT2D eigenvalue weighted by atomic mass is 19.1. The van der Waals surface area contributed by atoms with Gasteiger partial charge in [-0.15, -0.1) is 0 Å². The van der Waals surface area contributed by atoms with E-state index in [-0.39, 0.29) is 5.91 Å². The molecule has 2 fully saturated rings. The number of carbonyl (C=O) groups excluding carboxylic acids is 1. The number of anilines is 2. The van der Waals surface area contributed by atoms with Crippen molar-refractivity contribution in [3.8, 4) is 5.75 Å². The van der Waals surface area contributed by atoms with Crippen LogP contribution in [0, 0.1) is 11.7 Å². The van der Waals surface area contributed by atoms with Gasteiger partial charge in [0.25, 0.3) is 5.91 Å². The number of ether oxygens (including phenoxy) is 2. The third kappa shape index (κ3) is 4.36. The molecule has 0 spiro atoms. The number of aromatic nitrogens is 1. The zero-order valence-corrected chi connectivity index (χ0v) is 15.0. The Morgan fingerprint density at radius 2 is 2.11 bits per heavy atom. The molecule has 1 aliphatic heterocycles. The summed E-state index contributed by atoms with van der Waals surface area (Å²) in [4.78, 5) is 19.3. The maximum atomic E-state index is 13.7. The molecular weight excluding hydrogens is 349 g/mol. The highest BCUT2D eigenvalue weighted by Crippen LogP contribution is 2.32. The molecule has 0 unspecified atom stereocenters. The number of hydrogen-bond donors (Lipinski definition) is 1. The third-order valence-corrected chi connectivity index (χ3v) is 4.70. The van der Waals surface area contributed by atoms with Gasteiger partial charge < -0.3 is 19.7 Å². The van der Waals surface area contributed by atoms with Gasteiger partial charge in [-0.1, -0.05) is 0 Å². The van der Waals surface area contributed by atoms with Gasteiger partial charge >= 0.3 is 0 Å². The number of pyridine rings is 1. The molecule has 1 amide bonds. The van der Waals surface area contributed by atoms with Crippen LogP contribution in [-0.2, 0) is 4.74 Å². The van der Waals surface area contributed by atoms with Crippen molar-refractivity contribution < 1.29 is 18.7 Å². The largest absolute Gasteiger partial charge is 0.491 e. The van der Waals surface area contributed by atoms with Crippen molar-refractivity contribution in [3.05, 3.63) is 47.9 Å². The van der Waals surface area contributed by atoms with E-state index in [0.717, 1.165) is 12.8 Å². The minimum absolute atomic E-state index is 0.331. The molecule has 7 heteroatoms. The molecule has 1 saturated heterocycles. The van der Waals surface area contributed by atoms with Gasteiger partial charge in [-0.25, -0.2) is 9.37 Å². The highest BCUT2D eigenvalue weighted by molar-refractivity contribution is 6.08. The van der Waals surface area contributed by atoms with Crippen LogP contribution in [0.25, 0.3) is 0 Å². The first-order chi connectivity index (χ1) is 13.2. The van der Waals surface area contributed by atoms with Crippen LogP contribution in [0.5, 0.6) is 5.75 Å². The van der Waals surface area contributed by atoms with Crippen LogP contribution in [0.2, 0.25) is 0 Å². The van der Waals surface area contributed by atoms with Crippen LogP contribution in [0.3, 0.4) is 0 Å². The van der Waals surface area contributed by atoms with E-state index in [1.165, 1.54) is 12.1 Å². The quantitative estimate of drug-likeness (QED) is 0.845. The summed E-state index contributed by atoms with van der Waals surface area (Å²) in [6, 6.07) is 7.61. The summed E-state index contributed by atoms with van der Waals surface area (Å²) in [5, 5.41) is 2.79. The lowest BCUT2D eigenvalue weighted by Gasteiger charge is -2.29. The van der Waals surface area contributed by atoms with E-state index in [9.17, 15) is 9.18 Å². The molecular formula is C20H22FN3O3. The molecule has 0 bridgehead atoms. The summed E-state index contributed by atoms with van der Waals surface area (Å²) in [6.07, 6.45) is 3.97. The number of nitrogens with zero attached hydrogens (tertiary/aromatic N) is 2. The predicted molar refractivity (Wildman–Crippen MR) is 99.8 cm³/mol. The molecule has 2 aromatic rings. The lowest BCUT2D eigenvalue weighted by molar-refractivity contribution is 0.102. The fourth-order valence-corrected chi connectivity index (χ4v) is 3.01. The molecule has 142 valence electrons. The summed E-state index contributed by atoms with van der Waals surface area (Å²) in [7, 11) is 0. The van der Waals surface area contributed by atoms with Gasteiger partial charge in [0.15, 0.2) is 0 Å². The topological polar surface area (TPSA) is 63.7 Å². The number of amides is 1. The van der Waals surface area contributed by atoms with Crippen molar-refractivity contribution in [1.29, 1.82) is 0 Å². The Bertz CT molecular complexity index is 820. The van der Waals surface area contributed by atoms with Gasteiger partial charge in [-0.2, -0.15) is 0 Å². The van der Waals surface area contributed by atoms with E-state index in [0.29, 0.717) is 61.6 Å². The third-order valence-electron chi connectivity index (χ3n) is 4.70. The Morgan fingerprint density at radius 3 is 2.89 bits per heavy atom. The maximum Gasteiger partial charge on any atom is 0.259 e. The van der Waals surface area contributed by atoms with E-state index in [1.54, 1.807) is 24.4 Å². The zero-order chi connectivity index (χ0) is 18.6. The Morgan fingerprint density at radius 1 is 1.30 bits per heavy atom. The van der Waals surface area contributed by atoms with Crippen LogP contribution < -0.4 is 15.0 Å². The summed E-state index contributed by atoms with van der Waals surface area (Å²) in [5.41, 5.74) is 0.772. The Hall–Kier alpha value is -2.67. The number of morpholine rings is 1. The van der Waals surface area contributed by atoms with Crippen molar-refractivity contribution in [2.24, 2.45) is 5.92 Å². The van der Waals surface area contributed by atoms with Crippen LogP contribution >= 0.6 is 0 Å². The van der Waals surface area contributed by atoms with E-state index < -0.39 is 5.82 Å². The average molecular weight is 371 g/mol. The summed E-state index contributed by atoms with van der Waals surface area (Å²) in [6.45, 7) is 3.13. The number of nitrogens with one attached hydrogen (secondary N) is 1. The second-order valence-corrected chi connectivity index (χ2v) is 6.82. The number of hydrogen-bond acceptors (Lipinski definition) is 5. The molecule has 1 aromatic carbocycles. The van der Waals surface area contributed by atoms with E-state index >= 15 is 0 Å². The summed E-state index contributed by atoms with van der Waals surface area (Å²) in [5.74, 6) is 0.878. The van der Waals surface area contributed by atoms with Crippen LogP contribution in [-0.4, -0.2) is 43.8 Å². The molecule has 1 aliphatic carbocycles. The predicted octanol–water partition coefficient (Wildman–Crippen LogP) is 3.10. The van der Waals surface area contributed by atoms with Crippen LogP contribution in [0.4, 0.5) is 15.9 Å². The van der Waals surface area contributed by atoms with Crippen molar-refractivity contribution in [3.63, 3.8) is 0 Å². The first kappa shape index (κ1) is 17.7. The second kappa shape index (κ2) is 7.92. The number of carbonyl (C=O) groups is 1. The minimum atomic E-state index is -0.427. The Balaban J connectivity index is 1.54. The van der Waals surface area contributed by atoms with Crippen molar-refractivity contribution in [2.45, 2.75) is 12.8 Å². The monoisotopic (exact) mass is 371 g/mol. The maximum absolute atomic E-state index is 13.7. The molecule has 1 N–H and O–H groups in total. The van der Waals surface area contributed by atoms with Gasteiger partial charge in [0.2, 0.25) is 0 Å². The molecule has 2 heterocycles. The zero-order valence-electron chi connectivity index (χ0n) is 15.0. The molecule has 0 atom stereocenters. The Labute approximate surface area is 157 Å². The smallest absolute Gasteiger partial charge is 0.259 e. The van der Waals surface area contributed by atoms with Gasteiger partial charge in [0.05, 0.1) is 31.1 Å². The molecule has 1 aromatic heterocycles. The first-order valence-corrected chi connectivity index (χ1v) is 9.22. The molecule has 6 nitrogen and oxygen atoms in total. The Kier molecular flexibility index (Phi) is 5.20. The van der Waals surface area contributed by atoms with Crippen molar-refractivity contribution >= 4 is 17.4 Å². The van der Waals surface area contributed by atoms with E-state index in [4.69, 9.17) is 9.47 Å². The normalized spacial score (nSPS) is 16.9. The lowest BCUT2D eigenvalue weighted by atomic mass is 10.2. The molecule has 0 radical (unpaired) electrons. The van der Waals surface area contributed by atoms with Crippen molar-refractivity contribution in [1.82, 2.24) is 4.98 Å². The number of benzene rings is 1. The van der Waals surface area contributed by atoms with Gasteiger partial charge in [-0.3, -0.25) is 4.79 Å². The van der Waals surface area contributed by atoms with Gasteiger partial charge in [0, 0.05) is 25.4 Å². The fourth-order valence-electron chi connectivity index (χ4n) is 3.01. The van der Waals surface area contributed by atoms with Gasteiger partial charge in [0.1, 0.15) is 17.4 Å². The minimum Gasteiger partial charge on any atom is -0.491 e. The molecule has 1 saturated carbocycles. The molecule has 27 heavy (non-hydrogen) atoms. The second-order valence-electron chi connectivity index (χ2n) is 6.82. The first-order valence-electron chi connectivity index (χ1n) is 9.22. The molecule has 4 rings (SSSR count). The van der Waals surface area contributed by atoms with Gasteiger partial charge in [-0.05, 0) is 43.0 Å².